The molecule has 2 amide bonds. The van der Waals surface area contributed by atoms with Gasteiger partial charge in [-0.05, 0) is 82.9 Å². The van der Waals surface area contributed by atoms with Crippen molar-refractivity contribution in [3.63, 3.8) is 0 Å². The van der Waals surface area contributed by atoms with Crippen LogP contribution in [0.3, 0.4) is 0 Å². The van der Waals surface area contributed by atoms with Gasteiger partial charge in [0.05, 0.1) is 19.1 Å². The average molecular weight is 721 g/mol. The molecule has 268 valence electrons. The van der Waals surface area contributed by atoms with Crippen molar-refractivity contribution >= 4 is 23.5 Å². The molecule has 1 aromatic heterocycles. The number of carbonyl (C=O) groups is 3. The van der Waals surface area contributed by atoms with Crippen molar-refractivity contribution in [2.45, 2.75) is 19.1 Å². The number of carboxylic acid groups (broad SMARTS) is 1. The Bertz CT molecular complexity index is 2220. The maximum Gasteiger partial charge on any atom is 0.416 e. The number of methoxy groups -OCH3 is 1. The Morgan fingerprint density at radius 2 is 1.36 bits per heavy atom. The first-order valence-electron chi connectivity index (χ1n) is 16.2. The van der Waals surface area contributed by atoms with Gasteiger partial charge in [-0.1, -0.05) is 60.7 Å². The first-order chi connectivity index (χ1) is 25.5. The van der Waals surface area contributed by atoms with E-state index in [4.69, 9.17) is 9.15 Å². The number of carboxylic acids is 1. The molecule has 1 heterocycles. The summed E-state index contributed by atoms with van der Waals surface area (Å²) in [4.78, 5) is 38.9. The molecular formula is C40H31F3N4O6. The van der Waals surface area contributed by atoms with E-state index in [1.54, 1.807) is 24.3 Å². The molecule has 0 saturated heterocycles. The van der Waals surface area contributed by atoms with E-state index in [1.807, 2.05) is 54.6 Å². The Morgan fingerprint density at radius 3 is 1.94 bits per heavy atom. The van der Waals surface area contributed by atoms with Gasteiger partial charge in [-0.25, -0.2) is 0 Å². The molecule has 53 heavy (non-hydrogen) atoms. The monoisotopic (exact) mass is 720 g/mol. The number of rotatable bonds is 12. The highest BCUT2D eigenvalue weighted by Crippen LogP contribution is 2.35. The van der Waals surface area contributed by atoms with E-state index < -0.39 is 42.5 Å². The summed E-state index contributed by atoms with van der Waals surface area (Å²) in [6.07, 6.45) is -5.24. The van der Waals surface area contributed by atoms with Crippen LogP contribution in [0.1, 0.15) is 27.0 Å². The number of ether oxygens (including phenoxy) is 1. The molecule has 0 spiro atoms. The van der Waals surface area contributed by atoms with Crippen LogP contribution in [0.15, 0.2) is 126 Å². The lowest BCUT2D eigenvalue weighted by atomic mass is 10.0. The van der Waals surface area contributed by atoms with Crippen molar-refractivity contribution in [2.75, 3.05) is 19.0 Å². The summed E-state index contributed by atoms with van der Waals surface area (Å²) in [7, 11) is 1.25. The lowest BCUT2D eigenvalue weighted by Crippen LogP contribution is -2.35. The number of hydrogen-bond donors (Lipinski definition) is 2. The van der Waals surface area contributed by atoms with E-state index >= 15 is 0 Å². The molecule has 6 rings (SSSR count). The normalized spacial score (nSPS) is 11.2. The number of anilines is 1. The van der Waals surface area contributed by atoms with Crippen LogP contribution in [0.25, 0.3) is 34.0 Å². The molecule has 13 heteroatoms. The highest BCUT2D eigenvalue weighted by atomic mass is 19.4. The zero-order chi connectivity index (χ0) is 37.5. The Labute approximate surface area is 301 Å². The molecule has 10 nitrogen and oxygen atoms in total. The predicted molar refractivity (Wildman–Crippen MR) is 190 cm³/mol. The number of nitrogens with one attached hydrogen (secondary N) is 1. The van der Waals surface area contributed by atoms with Gasteiger partial charge in [0.1, 0.15) is 12.3 Å². The van der Waals surface area contributed by atoms with Crippen LogP contribution >= 0.6 is 0 Å². The Morgan fingerprint density at radius 1 is 0.774 bits per heavy atom. The van der Waals surface area contributed by atoms with E-state index in [2.05, 4.69) is 15.5 Å². The summed E-state index contributed by atoms with van der Waals surface area (Å²) >= 11 is 0. The quantitative estimate of drug-likeness (QED) is 0.130. The van der Waals surface area contributed by atoms with Crippen molar-refractivity contribution in [1.29, 1.82) is 0 Å². The first kappa shape index (κ1) is 36.0. The van der Waals surface area contributed by atoms with Crippen LogP contribution < -0.4 is 10.1 Å². The summed E-state index contributed by atoms with van der Waals surface area (Å²) < 4.78 is 51.5. The molecule has 0 radical (unpaired) electrons. The SMILES string of the molecule is COc1ccc(CC(=O)Nc2ccc(C(=O)N(CC(=O)O)Cc3ccc(-c4nnc(-c5ccc(-c6ccccc6)cc5)o4)cc3)cc2)c(C(F)(F)F)c1. The fourth-order valence-electron chi connectivity index (χ4n) is 5.59. The zero-order valence-electron chi connectivity index (χ0n) is 28.1. The Hall–Kier alpha value is -6.76. The molecule has 5 aromatic carbocycles. The molecule has 0 saturated carbocycles. The molecule has 0 bridgehead atoms. The summed E-state index contributed by atoms with van der Waals surface area (Å²) in [6.45, 7) is -0.616. The highest BCUT2D eigenvalue weighted by Gasteiger charge is 2.34. The fraction of sp³-hybridized carbons (Fsp3) is 0.125. The molecule has 6 aromatic rings. The number of alkyl halides is 3. The van der Waals surface area contributed by atoms with E-state index in [1.165, 1.54) is 43.5 Å². The zero-order valence-corrected chi connectivity index (χ0v) is 28.1. The third-order valence-corrected chi connectivity index (χ3v) is 8.24. The number of halogens is 3. The van der Waals surface area contributed by atoms with Crippen molar-refractivity contribution in [3.8, 4) is 39.8 Å². The molecule has 0 atom stereocenters. The summed E-state index contributed by atoms with van der Waals surface area (Å²) in [6, 6.07) is 33.6. The molecule has 0 unspecified atom stereocenters. The number of aliphatic carboxylic acids is 1. The Kier molecular flexibility index (Phi) is 10.6. The number of hydrogen-bond acceptors (Lipinski definition) is 7. The van der Waals surface area contributed by atoms with Crippen LogP contribution in [0.2, 0.25) is 0 Å². The second-order valence-electron chi connectivity index (χ2n) is 11.9. The fourth-order valence-corrected chi connectivity index (χ4v) is 5.59. The van der Waals surface area contributed by atoms with Crippen LogP contribution in [0, 0.1) is 0 Å². The van der Waals surface area contributed by atoms with Gasteiger partial charge in [-0.3, -0.25) is 14.4 Å². The molecule has 0 fully saturated rings. The maximum absolute atomic E-state index is 13.6. The topological polar surface area (TPSA) is 135 Å². The number of aromatic nitrogens is 2. The van der Waals surface area contributed by atoms with Crippen LogP contribution in [-0.2, 0) is 28.7 Å². The van der Waals surface area contributed by atoms with E-state index in [0.717, 1.165) is 27.7 Å². The van der Waals surface area contributed by atoms with Gasteiger partial charge < -0.3 is 24.5 Å². The number of benzene rings is 5. The third-order valence-electron chi connectivity index (χ3n) is 8.24. The second kappa shape index (κ2) is 15.6. The van der Waals surface area contributed by atoms with Crippen molar-refractivity contribution < 1.29 is 41.8 Å². The lowest BCUT2D eigenvalue weighted by Gasteiger charge is -2.21. The number of amides is 2. The standard InChI is InChI=1S/C40H31F3N4O6/c1-52-33-20-17-31(34(22-33)40(41,42)43)21-35(48)44-32-18-15-30(16-19-32)39(51)47(24-36(49)50)23-25-7-9-28(10-8-25)37-45-46-38(53-37)29-13-11-27(12-14-29)26-5-3-2-4-6-26/h2-20,22H,21,23-24H2,1H3,(H,44,48)(H,49,50). The van der Waals surface area contributed by atoms with Gasteiger partial charge in [-0.15, -0.1) is 10.2 Å². The average Bonchev–Trinajstić information content (AvgIpc) is 3.65. The summed E-state index contributed by atoms with van der Waals surface area (Å²) in [5.74, 6) is -1.86. The second-order valence-corrected chi connectivity index (χ2v) is 11.9. The predicted octanol–water partition coefficient (Wildman–Crippen LogP) is 8.01. The number of carbonyl (C=O) groups excluding carboxylic acids is 2. The molecule has 0 aliphatic carbocycles. The van der Waals surface area contributed by atoms with Crippen molar-refractivity contribution in [2.24, 2.45) is 0 Å². The van der Waals surface area contributed by atoms with Gasteiger partial charge in [0, 0.05) is 28.9 Å². The number of nitrogens with zero attached hydrogens (tertiary/aromatic N) is 3. The molecule has 0 aliphatic rings. The van der Waals surface area contributed by atoms with Crippen LogP contribution in [0.5, 0.6) is 5.75 Å². The smallest absolute Gasteiger partial charge is 0.416 e. The minimum Gasteiger partial charge on any atom is -0.497 e. The summed E-state index contributed by atoms with van der Waals surface area (Å²) in [5.41, 5.74) is 3.34. The summed E-state index contributed by atoms with van der Waals surface area (Å²) in [5, 5.41) is 20.4. The van der Waals surface area contributed by atoms with E-state index in [0.29, 0.717) is 17.0 Å². The third kappa shape index (κ3) is 8.95. The van der Waals surface area contributed by atoms with Gasteiger partial charge in [-0.2, -0.15) is 13.2 Å². The lowest BCUT2D eigenvalue weighted by molar-refractivity contribution is -0.139. The highest BCUT2D eigenvalue weighted by molar-refractivity contribution is 5.97. The van der Waals surface area contributed by atoms with Gasteiger partial charge in [0.2, 0.25) is 17.7 Å². The van der Waals surface area contributed by atoms with Gasteiger partial charge in [0.25, 0.3) is 5.91 Å². The van der Waals surface area contributed by atoms with Crippen molar-refractivity contribution in [3.05, 3.63) is 144 Å². The van der Waals surface area contributed by atoms with Crippen LogP contribution in [-0.4, -0.2) is 51.6 Å². The largest absolute Gasteiger partial charge is 0.497 e. The molecular weight excluding hydrogens is 689 g/mol. The van der Waals surface area contributed by atoms with Gasteiger partial charge in [0.15, 0.2) is 0 Å². The maximum atomic E-state index is 13.6. The van der Waals surface area contributed by atoms with Crippen LogP contribution in [0.4, 0.5) is 18.9 Å². The molecule has 0 aliphatic heterocycles. The first-order valence-corrected chi connectivity index (χ1v) is 16.2. The van der Waals surface area contributed by atoms with E-state index in [-0.39, 0.29) is 35.0 Å². The minimum atomic E-state index is -4.69. The van der Waals surface area contributed by atoms with Crippen molar-refractivity contribution in [1.82, 2.24) is 15.1 Å². The molecule has 2 N–H and O–H groups in total. The van der Waals surface area contributed by atoms with Gasteiger partial charge >= 0.3 is 12.1 Å². The van der Waals surface area contributed by atoms with E-state index in [9.17, 15) is 32.7 Å². The Balaban J connectivity index is 1.09. The minimum absolute atomic E-state index is 0.00953.